The Morgan fingerprint density at radius 2 is 1.64 bits per heavy atom. The summed E-state index contributed by atoms with van der Waals surface area (Å²) in [6.45, 7) is 0. The predicted octanol–water partition coefficient (Wildman–Crippen LogP) is 5.10. The minimum Gasteiger partial charge on any atom is -0.439 e. The van der Waals surface area contributed by atoms with Crippen LogP contribution in [0.5, 0.6) is 11.6 Å². The fourth-order valence-electron chi connectivity index (χ4n) is 2.42. The number of ether oxygens (including phenoxy) is 1. The van der Waals surface area contributed by atoms with Gasteiger partial charge in [-0.3, -0.25) is 0 Å². The monoisotopic (exact) mass is 342 g/mol. The molecule has 0 N–H and O–H groups in total. The Hall–Kier alpha value is -3.35. The molecule has 2 aromatic heterocycles. The Morgan fingerprint density at radius 3 is 2.40 bits per heavy atom. The van der Waals surface area contributed by atoms with Gasteiger partial charge in [-0.25, -0.2) is 13.2 Å². The summed E-state index contributed by atoms with van der Waals surface area (Å²) in [5.41, 5.74) is 0.709. The molecule has 2 aromatic carbocycles. The highest BCUT2D eigenvalue weighted by molar-refractivity contribution is 5.89. The third kappa shape index (κ3) is 2.91. The van der Waals surface area contributed by atoms with Crippen molar-refractivity contribution in [1.82, 2.24) is 10.1 Å². The van der Waals surface area contributed by atoms with Gasteiger partial charge in [-0.15, -0.1) is 0 Å². The normalized spacial score (nSPS) is 11.0. The molecular weight excluding hydrogens is 333 g/mol. The highest BCUT2D eigenvalue weighted by atomic mass is 19.1. The second-order valence-electron chi connectivity index (χ2n) is 5.22. The highest BCUT2D eigenvalue weighted by Crippen LogP contribution is 2.31. The first-order valence-electron chi connectivity index (χ1n) is 7.25. The van der Waals surface area contributed by atoms with Crippen molar-refractivity contribution in [2.24, 2.45) is 0 Å². The number of nitrogens with zero attached hydrogens (tertiary/aromatic N) is 2. The van der Waals surface area contributed by atoms with E-state index >= 15 is 0 Å². The van der Waals surface area contributed by atoms with E-state index in [1.165, 1.54) is 12.1 Å². The number of halogens is 3. The Balaban J connectivity index is 1.71. The van der Waals surface area contributed by atoms with Crippen molar-refractivity contribution in [3.63, 3.8) is 0 Å². The topological polar surface area (TPSA) is 48.2 Å². The van der Waals surface area contributed by atoms with Crippen molar-refractivity contribution in [3.05, 3.63) is 72.0 Å². The Labute approximate surface area is 139 Å². The first-order chi connectivity index (χ1) is 12.1. The fourth-order valence-corrected chi connectivity index (χ4v) is 2.42. The maximum atomic E-state index is 13.9. The molecule has 124 valence electrons. The first-order valence-corrected chi connectivity index (χ1v) is 7.25. The summed E-state index contributed by atoms with van der Waals surface area (Å²) in [5.74, 6) is -1.95. The van der Waals surface area contributed by atoms with Crippen LogP contribution in [0.4, 0.5) is 13.2 Å². The summed E-state index contributed by atoms with van der Waals surface area (Å²) in [6.07, 6.45) is 0. The summed E-state index contributed by atoms with van der Waals surface area (Å²) in [7, 11) is 0. The van der Waals surface area contributed by atoms with Crippen molar-refractivity contribution < 1.29 is 22.4 Å². The average molecular weight is 342 g/mol. The van der Waals surface area contributed by atoms with Gasteiger partial charge in [0.15, 0.2) is 0 Å². The molecule has 0 spiro atoms. The molecule has 0 amide bonds. The standard InChI is InChI=1S/C18H9F3N2O2/c19-10-7-11(20)9-12(8-10)24-16-6-5-14-17(23-25-18(14)22-16)13-3-1-2-4-15(13)21/h1-9H. The van der Waals surface area contributed by atoms with Crippen LogP contribution in [0.1, 0.15) is 0 Å². The molecule has 2 heterocycles. The van der Waals surface area contributed by atoms with Crippen LogP contribution >= 0.6 is 0 Å². The molecule has 0 aliphatic rings. The van der Waals surface area contributed by atoms with Gasteiger partial charge in [-0.05, 0) is 18.2 Å². The lowest BCUT2D eigenvalue weighted by atomic mass is 10.1. The van der Waals surface area contributed by atoms with Gasteiger partial charge in [-0.1, -0.05) is 17.3 Å². The molecule has 0 fully saturated rings. The zero-order valence-corrected chi connectivity index (χ0v) is 12.5. The predicted molar refractivity (Wildman–Crippen MR) is 83.6 cm³/mol. The van der Waals surface area contributed by atoms with Crippen molar-refractivity contribution in [2.75, 3.05) is 0 Å². The van der Waals surface area contributed by atoms with Gasteiger partial charge in [-0.2, -0.15) is 4.98 Å². The van der Waals surface area contributed by atoms with E-state index in [-0.39, 0.29) is 22.9 Å². The molecular formula is C18H9F3N2O2. The third-order valence-corrected chi connectivity index (χ3v) is 3.50. The summed E-state index contributed by atoms with van der Waals surface area (Å²) in [5, 5.41) is 4.34. The molecule has 25 heavy (non-hydrogen) atoms. The number of hydrogen-bond acceptors (Lipinski definition) is 4. The van der Waals surface area contributed by atoms with E-state index in [9.17, 15) is 13.2 Å². The van der Waals surface area contributed by atoms with Crippen LogP contribution in [0.15, 0.2) is 59.1 Å². The van der Waals surface area contributed by atoms with Gasteiger partial charge in [0.1, 0.15) is 28.9 Å². The van der Waals surface area contributed by atoms with Crippen LogP contribution in [0.2, 0.25) is 0 Å². The number of pyridine rings is 1. The zero-order chi connectivity index (χ0) is 17.4. The van der Waals surface area contributed by atoms with E-state index in [0.29, 0.717) is 11.1 Å². The van der Waals surface area contributed by atoms with Crippen molar-refractivity contribution in [3.8, 4) is 22.9 Å². The van der Waals surface area contributed by atoms with Crippen LogP contribution in [-0.2, 0) is 0 Å². The summed E-state index contributed by atoms with van der Waals surface area (Å²) in [4.78, 5) is 4.09. The molecule has 4 nitrogen and oxygen atoms in total. The lowest BCUT2D eigenvalue weighted by Gasteiger charge is -2.04. The number of hydrogen-bond donors (Lipinski definition) is 0. The molecule has 0 radical (unpaired) electrons. The van der Waals surface area contributed by atoms with Crippen molar-refractivity contribution in [2.45, 2.75) is 0 Å². The van der Waals surface area contributed by atoms with Gasteiger partial charge < -0.3 is 9.26 Å². The second kappa shape index (κ2) is 5.94. The molecule has 0 unspecified atom stereocenters. The van der Waals surface area contributed by atoms with Gasteiger partial charge in [0.05, 0.1) is 5.39 Å². The van der Waals surface area contributed by atoms with Crippen LogP contribution in [0.3, 0.4) is 0 Å². The van der Waals surface area contributed by atoms with Crippen molar-refractivity contribution in [1.29, 1.82) is 0 Å². The largest absolute Gasteiger partial charge is 0.439 e. The number of benzene rings is 2. The molecule has 7 heteroatoms. The number of fused-ring (bicyclic) bond motifs is 1. The van der Waals surface area contributed by atoms with Crippen molar-refractivity contribution >= 4 is 11.1 Å². The number of aromatic nitrogens is 2. The zero-order valence-electron chi connectivity index (χ0n) is 12.5. The molecule has 0 bridgehead atoms. The Morgan fingerprint density at radius 1 is 0.880 bits per heavy atom. The van der Waals surface area contributed by atoms with Gasteiger partial charge in [0.2, 0.25) is 5.88 Å². The lowest BCUT2D eigenvalue weighted by Crippen LogP contribution is -1.90. The van der Waals surface area contributed by atoms with Crippen LogP contribution in [0, 0.1) is 17.5 Å². The Kier molecular flexibility index (Phi) is 3.61. The highest BCUT2D eigenvalue weighted by Gasteiger charge is 2.16. The van der Waals surface area contributed by atoms with E-state index < -0.39 is 17.5 Å². The molecule has 0 saturated carbocycles. The first kappa shape index (κ1) is 15.2. The SMILES string of the molecule is Fc1cc(F)cc(Oc2ccc3c(-c4ccccc4F)noc3n2)c1. The van der Waals surface area contributed by atoms with E-state index in [2.05, 4.69) is 10.1 Å². The second-order valence-corrected chi connectivity index (χ2v) is 5.22. The van der Waals surface area contributed by atoms with E-state index in [1.807, 2.05) is 0 Å². The van der Waals surface area contributed by atoms with E-state index in [0.717, 1.165) is 18.2 Å². The van der Waals surface area contributed by atoms with Crippen LogP contribution in [-0.4, -0.2) is 10.1 Å². The smallest absolute Gasteiger partial charge is 0.261 e. The average Bonchev–Trinajstić information content (AvgIpc) is 2.97. The van der Waals surface area contributed by atoms with Gasteiger partial charge >= 0.3 is 0 Å². The molecule has 0 saturated heterocycles. The van der Waals surface area contributed by atoms with Gasteiger partial charge in [0, 0.05) is 29.8 Å². The quantitative estimate of drug-likeness (QED) is 0.520. The number of rotatable bonds is 3. The summed E-state index contributed by atoms with van der Waals surface area (Å²) >= 11 is 0. The molecule has 0 atom stereocenters. The maximum absolute atomic E-state index is 13.9. The van der Waals surface area contributed by atoms with E-state index in [1.54, 1.807) is 24.3 Å². The lowest BCUT2D eigenvalue weighted by molar-refractivity contribution is 0.430. The third-order valence-electron chi connectivity index (χ3n) is 3.50. The minimum atomic E-state index is -0.766. The maximum Gasteiger partial charge on any atom is 0.261 e. The van der Waals surface area contributed by atoms with Crippen LogP contribution in [0.25, 0.3) is 22.4 Å². The molecule has 0 aliphatic carbocycles. The summed E-state index contributed by atoms with van der Waals surface area (Å²) < 4.78 is 50.8. The molecule has 4 aromatic rings. The minimum absolute atomic E-state index is 0.0433. The van der Waals surface area contributed by atoms with E-state index in [4.69, 9.17) is 9.26 Å². The fraction of sp³-hybridized carbons (Fsp3) is 0. The summed E-state index contributed by atoms with van der Waals surface area (Å²) in [6, 6.07) is 12.0. The van der Waals surface area contributed by atoms with Crippen LogP contribution < -0.4 is 4.74 Å². The molecule has 0 aliphatic heterocycles. The molecule has 4 rings (SSSR count). The Bertz CT molecular complexity index is 1060. The van der Waals surface area contributed by atoms with Gasteiger partial charge in [0.25, 0.3) is 5.71 Å².